The third-order valence-electron chi connectivity index (χ3n) is 4.27. The van der Waals surface area contributed by atoms with Crippen LogP contribution in [0.4, 0.5) is 0 Å². The molecular formula is C17H24N2O2. The lowest BCUT2D eigenvalue weighted by molar-refractivity contribution is -0.127. The van der Waals surface area contributed by atoms with Crippen LogP contribution in [0.1, 0.15) is 50.3 Å². The Bertz CT molecular complexity index is 526. The van der Waals surface area contributed by atoms with Crippen molar-refractivity contribution in [3.8, 4) is 5.75 Å². The van der Waals surface area contributed by atoms with Crippen LogP contribution in [0.2, 0.25) is 0 Å². The van der Waals surface area contributed by atoms with Gasteiger partial charge in [0.25, 0.3) is 5.91 Å². The van der Waals surface area contributed by atoms with Crippen molar-refractivity contribution < 1.29 is 9.53 Å². The molecule has 0 aliphatic heterocycles. The molecule has 0 radical (unpaired) electrons. The van der Waals surface area contributed by atoms with E-state index in [2.05, 4.69) is 23.6 Å². The highest BCUT2D eigenvalue weighted by atomic mass is 16.5. The van der Waals surface area contributed by atoms with Crippen molar-refractivity contribution >= 4 is 5.91 Å². The number of amides is 1. The van der Waals surface area contributed by atoms with E-state index < -0.39 is 6.10 Å². The summed E-state index contributed by atoms with van der Waals surface area (Å²) in [6.45, 7) is 4.92. The maximum atomic E-state index is 12.0. The largest absolute Gasteiger partial charge is 0.481 e. The predicted molar refractivity (Wildman–Crippen MR) is 82.4 cm³/mol. The normalized spacial score (nSPS) is 21.7. The molecule has 0 bridgehead atoms. The van der Waals surface area contributed by atoms with Crippen molar-refractivity contribution in [2.75, 3.05) is 6.54 Å². The van der Waals surface area contributed by atoms with Crippen LogP contribution in [0.3, 0.4) is 0 Å². The van der Waals surface area contributed by atoms with Gasteiger partial charge in [-0.15, -0.1) is 0 Å². The molecule has 2 unspecified atom stereocenters. The first-order valence-corrected chi connectivity index (χ1v) is 8.01. The summed E-state index contributed by atoms with van der Waals surface area (Å²) in [5.74, 6) is 0.864. The Morgan fingerprint density at radius 2 is 2.19 bits per heavy atom. The number of fused-ring (bicyclic) bond motifs is 1. The Hall–Kier alpha value is -1.55. The number of benzene rings is 1. The number of carbonyl (C=O) groups excluding carboxylic acids is 1. The molecule has 2 aliphatic carbocycles. The van der Waals surface area contributed by atoms with Crippen LogP contribution < -0.4 is 15.4 Å². The van der Waals surface area contributed by atoms with Crippen LogP contribution in [-0.2, 0) is 11.2 Å². The van der Waals surface area contributed by atoms with E-state index in [-0.39, 0.29) is 5.91 Å². The molecule has 4 nitrogen and oxygen atoms in total. The van der Waals surface area contributed by atoms with Crippen LogP contribution in [0.5, 0.6) is 5.75 Å². The monoisotopic (exact) mass is 288 g/mol. The molecule has 1 saturated carbocycles. The molecule has 2 atom stereocenters. The van der Waals surface area contributed by atoms with Crippen molar-refractivity contribution in [2.24, 2.45) is 0 Å². The molecule has 2 aliphatic rings. The van der Waals surface area contributed by atoms with Crippen molar-refractivity contribution in [1.29, 1.82) is 0 Å². The highest BCUT2D eigenvalue weighted by Crippen LogP contribution is 2.37. The fourth-order valence-corrected chi connectivity index (χ4v) is 2.98. The lowest BCUT2D eigenvalue weighted by Gasteiger charge is -2.18. The molecule has 21 heavy (non-hydrogen) atoms. The Morgan fingerprint density at radius 3 is 2.90 bits per heavy atom. The number of hydrogen-bond donors (Lipinski definition) is 2. The second kappa shape index (κ2) is 6.06. The molecule has 0 aromatic heterocycles. The molecule has 2 N–H and O–H groups in total. The van der Waals surface area contributed by atoms with E-state index in [1.165, 1.54) is 11.1 Å². The minimum atomic E-state index is -0.435. The van der Waals surface area contributed by atoms with Gasteiger partial charge in [0.2, 0.25) is 0 Å². The minimum absolute atomic E-state index is 0.00340. The quantitative estimate of drug-likeness (QED) is 0.844. The molecule has 1 fully saturated rings. The fraction of sp³-hybridized carbons (Fsp3) is 0.588. The highest BCUT2D eigenvalue weighted by molar-refractivity contribution is 5.81. The fourth-order valence-electron chi connectivity index (χ4n) is 2.98. The molecule has 1 amide bonds. The first-order chi connectivity index (χ1) is 10.2. The summed E-state index contributed by atoms with van der Waals surface area (Å²) in [5, 5.41) is 6.50. The maximum Gasteiger partial charge on any atom is 0.260 e. The summed E-state index contributed by atoms with van der Waals surface area (Å²) in [6, 6.07) is 6.97. The van der Waals surface area contributed by atoms with Crippen molar-refractivity contribution in [3.63, 3.8) is 0 Å². The predicted octanol–water partition coefficient (Wildman–Crippen LogP) is 2.33. The lowest BCUT2D eigenvalue weighted by Crippen LogP contribution is -2.37. The standard InChI is InChI=1S/C17H24N2O2/c1-3-18-15-10-9-14-13(15)5-4-6-16(14)21-11(2)17(20)19-12-7-8-12/h4-6,11-12,15,18H,3,7-10H2,1-2H3,(H,19,20). The zero-order valence-corrected chi connectivity index (χ0v) is 12.8. The van der Waals surface area contributed by atoms with E-state index in [0.29, 0.717) is 12.1 Å². The van der Waals surface area contributed by atoms with E-state index in [9.17, 15) is 4.79 Å². The molecule has 114 valence electrons. The van der Waals surface area contributed by atoms with Crippen LogP contribution in [-0.4, -0.2) is 24.6 Å². The van der Waals surface area contributed by atoms with Gasteiger partial charge in [0.15, 0.2) is 6.10 Å². The van der Waals surface area contributed by atoms with Gasteiger partial charge >= 0.3 is 0 Å². The summed E-state index contributed by atoms with van der Waals surface area (Å²) < 4.78 is 5.93. The zero-order chi connectivity index (χ0) is 14.8. The lowest BCUT2D eigenvalue weighted by atomic mass is 10.1. The highest BCUT2D eigenvalue weighted by Gasteiger charge is 2.28. The molecule has 1 aromatic carbocycles. The van der Waals surface area contributed by atoms with E-state index in [1.54, 1.807) is 0 Å². The Labute approximate surface area is 126 Å². The van der Waals surface area contributed by atoms with E-state index in [1.807, 2.05) is 19.1 Å². The van der Waals surface area contributed by atoms with Crippen LogP contribution in [0.15, 0.2) is 18.2 Å². The van der Waals surface area contributed by atoms with Gasteiger partial charge in [-0.1, -0.05) is 19.1 Å². The number of nitrogens with one attached hydrogen (secondary N) is 2. The molecule has 3 rings (SSSR count). The Kier molecular flexibility index (Phi) is 4.15. The third-order valence-corrected chi connectivity index (χ3v) is 4.27. The Morgan fingerprint density at radius 1 is 1.38 bits per heavy atom. The first kappa shape index (κ1) is 14.4. The summed E-state index contributed by atoms with van der Waals surface area (Å²) in [5.41, 5.74) is 2.58. The Balaban J connectivity index is 1.69. The van der Waals surface area contributed by atoms with Crippen LogP contribution in [0, 0.1) is 0 Å². The van der Waals surface area contributed by atoms with Gasteiger partial charge in [0.1, 0.15) is 5.75 Å². The zero-order valence-electron chi connectivity index (χ0n) is 12.8. The van der Waals surface area contributed by atoms with Gasteiger partial charge in [-0.05, 0) is 56.3 Å². The van der Waals surface area contributed by atoms with Crippen molar-refractivity contribution in [2.45, 2.75) is 57.7 Å². The van der Waals surface area contributed by atoms with Gasteiger partial charge in [-0.2, -0.15) is 0 Å². The molecule has 0 saturated heterocycles. The van der Waals surface area contributed by atoms with Gasteiger partial charge in [-0.3, -0.25) is 4.79 Å². The second-order valence-electron chi connectivity index (χ2n) is 6.02. The van der Waals surface area contributed by atoms with Crippen molar-refractivity contribution in [1.82, 2.24) is 10.6 Å². The SMILES string of the molecule is CCNC1CCc2c(OC(C)C(=O)NC3CC3)cccc21. The average Bonchev–Trinajstić information content (AvgIpc) is 3.19. The van der Waals surface area contributed by atoms with E-state index in [4.69, 9.17) is 4.74 Å². The summed E-state index contributed by atoms with van der Waals surface area (Å²) in [7, 11) is 0. The molecular weight excluding hydrogens is 264 g/mol. The minimum Gasteiger partial charge on any atom is -0.481 e. The van der Waals surface area contributed by atoms with Crippen LogP contribution in [0.25, 0.3) is 0 Å². The molecule has 1 aromatic rings. The average molecular weight is 288 g/mol. The number of hydrogen-bond acceptors (Lipinski definition) is 3. The molecule has 4 heteroatoms. The van der Waals surface area contributed by atoms with Gasteiger partial charge in [-0.25, -0.2) is 0 Å². The van der Waals surface area contributed by atoms with Gasteiger partial charge in [0.05, 0.1) is 0 Å². The van der Waals surface area contributed by atoms with E-state index in [0.717, 1.165) is 38.0 Å². The van der Waals surface area contributed by atoms with Crippen molar-refractivity contribution in [3.05, 3.63) is 29.3 Å². The van der Waals surface area contributed by atoms with E-state index >= 15 is 0 Å². The topological polar surface area (TPSA) is 50.4 Å². The third kappa shape index (κ3) is 3.21. The number of carbonyl (C=O) groups is 1. The molecule has 0 spiro atoms. The summed E-state index contributed by atoms with van der Waals surface area (Å²) in [4.78, 5) is 12.0. The maximum absolute atomic E-state index is 12.0. The first-order valence-electron chi connectivity index (χ1n) is 8.01. The summed E-state index contributed by atoms with van der Waals surface area (Å²) in [6.07, 6.45) is 3.88. The molecule has 0 heterocycles. The second-order valence-corrected chi connectivity index (χ2v) is 6.02. The number of ether oxygens (including phenoxy) is 1. The number of rotatable bonds is 6. The van der Waals surface area contributed by atoms with Crippen LogP contribution >= 0.6 is 0 Å². The summed E-state index contributed by atoms with van der Waals surface area (Å²) >= 11 is 0. The smallest absolute Gasteiger partial charge is 0.260 e. The van der Waals surface area contributed by atoms with Gasteiger partial charge < -0.3 is 15.4 Å². The van der Waals surface area contributed by atoms with Gasteiger partial charge in [0, 0.05) is 12.1 Å².